The van der Waals surface area contributed by atoms with Crippen molar-refractivity contribution in [1.29, 1.82) is 0 Å². The van der Waals surface area contributed by atoms with Crippen molar-refractivity contribution in [2.24, 2.45) is 0 Å². The number of fused-ring (bicyclic) bond motifs is 1. The number of anilines is 1. The maximum Gasteiger partial charge on any atom is 0.341 e. The first-order chi connectivity index (χ1) is 15.9. The Bertz CT molecular complexity index is 1260. The van der Waals surface area contributed by atoms with E-state index in [1.165, 1.54) is 35.6 Å². The number of carbonyl (C=O) groups is 2. The summed E-state index contributed by atoms with van der Waals surface area (Å²) in [5.41, 5.74) is 1.83. The van der Waals surface area contributed by atoms with Crippen LogP contribution in [-0.4, -0.2) is 28.5 Å². The molecule has 0 saturated heterocycles. The van der Waals surface area contributed by atoms with Gasteiger partial charge in [0.25, 0.3) is 11.6 Å². The maximum absolute atomic E-state index is 12.6. The molecule has 0 atom stereocenters. The third kappa shape index (κ3) is 4.78. The first kappa shape index (κ1) is 22.6. The van der Waals surface area contributed by atoms with E-state index in [1.54, 1.807) is 19.1 Å². The van der Waals surface area contributed by atoms with E-state index in [4.69, 9.17) is 21.4 Å². The molecule has 0 radical (unpaired) electrons. The quantitative estimate of drug-likeness (QED) is 0.223. The number of hydrogen-bond acceptors (Lipinski definition) is 8. The average Bonchev–Trinajstić information content (AvgIpc) is 3.50. The number of aryl methyl sites for hydroxylation is 1. The van der Waals surface area contributed by atoms with Crippen LogP contribution in [0.5, 0.6) is 0 Å². The number of nitrogens with one attached hydrogen (secondary N) is 2. The molecule has 0 unspecified atom stereocenters. The molecule has 3 aromatic rings. The largest absolute Gasteiger partial charge is 0.462 e. The smallest absolute Gasteiger partial charge is 0.341 e. The molecule has 11 heteroatoms. The van der Waals surface area contributed by atoms with Crippen molar-refractivity contribution in [3.05, 3.63) is 68.3 Å². The Morgan fingerprint density at radius 1 is 1.27 bits per heavy atom. The van der Waals surface area contributed by atoms with Crippen LogP contribution in [0.15, 0.2) is 40.8 Å². The Balaban J connectivity index is 1.46. The molecule has 1 amide bonds. The molecule has 33 heavy (non-hydrogen) atoms. The number of hydrogen-bond donors (Lipinski definition) is 2. The fraction of sp³-hybridized carbons (Fsp3) is 0.227. The topological polar surface area (TPSA) is 124 Å². The van der Waals surface area contributed by atoms with Gasteiger partial charge in [0.05, 0.1) is 17.1 Å². The summed E-state index contributed by atoms with van der Waals surface area (Å²) >= 11 is 6.70. The number of benzene rings is 1. The number of ether oxygens (including phenoxy) is 1. The van der Waals surface area contributed by atoms with Crippen molar-refractivity contribution in [2.75, 3.05) is 11.9 Å². The summed E-state index contributed by atoms with van der Waals surface area (Å²) in [6.45, 7) is 2.00. The van der Waals surface area contributed by atoms with Crippen molar-refractivity contribution in [3.63, 3.8) is 0 Å². The van der Waals surface area contributed by atoms with Crippen LogP contribution in [0.3, 0.4) is 0 Å². The van der Waals surface area contributed by atoms with Crippen LogP contribution in [-0.2, 0) is 17.6 Å². The van der Waals surface area contributed by atoms with E-state index in [-0.39, 0.29) is 23.2 Å². The minimum atomic E-state index is -0.592. The molecule has 1 aliphatic carbocycles. The van der Waals surface area contributed by atoms with Crippen LogP contribution in [0.1, 0.15) is 44.7 Å². The van der Waals surface area contributed by atoms with Gasteiger partial charge in [0.2, 0.25) is 0 Å². The summed E-state index contributed by atoms with van der Waals surface area (Å²) in [6, 6.07) is 8.92. The molecule has 170 valence electrons. The molecule has 0 bridgehead atoms. The number of thiophene rings is 1. The molecule has 0 aliphatic heterocycles. The highest BCUT2D eigenvalue weighted by atomic mass is 32.1. The van der Waals surface area contributed by atoms with E-state index in [1.807, 2.05) is 0 Å². The van der Waals surface area contributed by atoms with E-state index in [0.717, 1.165) is 29.7 Å². The highest BCUT2D eigenvalue weighted by Gasteiger charge is 2.28. The zero-order chi connectivity index (χ0) is 23.5. The second-order valence-electron chi connectivity index (χ2n) is 7.16. The normalized spacial score (nSPS) is 12.2. The van der Waals surface area contributed by atoms with E-state index < -0.39 is 16.8 Å². The van der Waals surface area contributed by atoms with Gasteiger partial charge in [-0.3, -0.25) is 20.2 Å². The van der Waals surface area contributed by atoms with Crippen molar-refractivity contribution < 1.29 is 23.7 Å². The molecular weight excluding hydrogens is 466 g/mol. The van der Waals surface area contributed by atoms with Crippen LogP contribution in [0, 0.1) is 10.1 Å². The molecule has 1 aromatic carbocycles. The van der Waals surface area contributed by atoms with Crippen LogP contribution in [0.4, 0.5) is 10.7 Å². The molecule has 2 heterocycles. The fourth-order valence-electron chi connectivity index (χ4n) is 3.60. The number of nitrogens with zero attached hydrogens (tertiary/aromatic N) is 1. The lowest BCUT2D eigenvalue weighted by Crippen LogP contribution is -2.34. The molecule has 2 aromatic heterocycles. The monoisotopic (exact) mass is 485 g/mol. The van der Waals surface area contributed by atoms with Crippen molar-refractivity contribution in [3.8, 4) is 11.3 Å². The first-order valence-corrected chi connectivity index (χ1v) is 11.4. The van der Waals surface area contributed by atoms with Crippen LogP contribution >= 0.6 is 23.6 Å². The van der Waals surface area contributed by atoms with Gasteiger partial charge < -0.3 is 14.5 Å². The van der Waals surface area contributed by atoms with Crippen LogP contribution in [0.2, 0.25) is 0 Å². The fourth-order valence-corrected chi connectivity index (χ4v) is 5.14. The van der Waals surface area contributed by atoms with Gasteiger partial charge in [-0.05, 0) is 56.1 Å². The third-order valence-electron chi connectivity index (χ3n) is 5.03. The molecule has 0 fully saturated rings. The summed E-state index contributed by atoms with van der Waals surface area (Å²) in [5, 5.41) is 17.0. The lowest BCUT2D eigenvalue weighted by atomic mass is 10.1. The van der Waals surface area contributed by atoms with Gasteiger partial charge in [0, 0.05) is 22.6 Å². The van der Waals surface area contributed by atoms with E-state index in [0.29, 0.717) is 21.9 Å². The predicted octanol–water partition coefficient (Wildman–Crippen LogP) is 4.71. The molecule has 4 rings (SSSR count). The summed E-state index contributed by atoms with van der Waals surface area (Å²) in [7, 11) is 0. The van der Waals surface area contributed by atoms with Gasteiger partial charge >= 0.3 is 5.97 Å². The highest BCUT2D eigenvalue weighted by Crippen LogP contribution is 2.39. The molecule has 0 spiro atoms. The Morgan fingerprint density at radius 3 is 2.85 bits per heavy atom. The van der Waals surface area contributed by atoms with Gasteiger partial charge in [0.15, 0.2) is 10.9 Å². The maximum atomic E-state index is 12.6. The van der Waals surface area contributed by atoms with Gasteiger partial charge in [0.1, 0.15) is 10.8 Å². The second-order valence-corrected chi connectivity index (χ2v) is 8.67. The summed E-state index contributed by atoms with van der Waals surface area (Å²) in [4.78, 5) is 36.7. The second kappa shape index (κ2) is 9.51. The Hall–Kier alpha value is -3.57. The minimum Gasteiger partial charge on any atom is -0.462 e. The standard InChI is InChI=1S/C22H19N3O6S2/c1-2-30-21(27)18-14-7-4-8-17(14)33-20(18)24-22(32)23-19(26)16-10-9-15(31-16)12-5-3-6-13(11-12)25(28)29/h3,5-6,9-11H,2,4,7-8H2,1H3,(H2,23,24,26,32). The zero-order valence-electron chi connectivity index (χ0n) is 17.5. The summed E-state index contributed by atoms with van der Waals surface area (Å²) in [6.07, 6.45) is 2.67. The Kier molecular flexibility index (Phi) is 6.52. The minimum absolute atomic E-state index is 0.0128. The number of amides is 1. The Morgan fingerprint density at radius 2 is 2.09 bits per heavy atom. The molecule has 9 nitrogen and oxygen atoms in total. The number of thiocarbonyl (C=S) groups is 1. The van der Waals surface area contributed by atoms with Crippen molar-refractivity contribution in [1.82, 2.24) is 5.32 Å². The van der Waals surface area contributed by atoms with Gasteiger partial charge in [-0.1, -0.05) is 12.1 Å². The number of esters is 1. The number of non-ortho nitro benzene ring substituents is 1. The van der Waals surface area contributed by atoms with Gasteiger partial charge in [-0.25, -0.2) is 4.79 Å². The Labute approximate surface area is 197 Å². The highest BCUT2D eigenvalue weighted by molar-refractivity contribution is 7.80. The van der Waals surface area contributed by atoms with Crippen LogP contribution < -0.4 is 10.6 Å². The number of carbonyl (C=O) groups excluding carboxylic acids is 2. The lowest BCUT2D eigenvalue weighted by molar-refractivity contribution is -0.384. The number of nitro groups is 1. The van der Waals surface area contributed by atoms with Crippen LogP contribution in [0.25, 0.3) is 11.3 Å². The number of rotatable bonds is 6. The number of nitro benzene ring substituents is 1. The summed E-state index contributed by atoms with van der Waals surface area (Å²) < 4.78 is 10.8. The van der Waals surface area contributed by atoms with E-state index >= 15 is 0 Å². The predicted molar refractivity (Wildman–Crippen MR) is 127 cm³/mol. The number of furan rings is 1. The molecule has 1 aliphatic rings. The SMILES string of the molecule is CCOC(=O)c1c(NC(=S)NC(=O)c2ccc(-c3cccc([N+](=O)[O-])c3)o2)sc2c1CCC2. The average molecular weight is 486 g/mol. The molecule has 2 N–H and O–H groups in total. The van der Waals surface area contributed by atoms with Gasteiger partial charge in [-0.2, -0.15) is 0 Å². The molecule has 0 saturated carbocycles. The lowest BCUT2D eigenvalue weighted by Gasteiger charge is -2.10. The summed E-state index contributed by atoms with van der Waals surface area (Å²) in [5.74, 6) is -0.714. The van der Waals surface area contributed by atoms with E-state index in [9.17, 15) is 19.7 Å². The van der Waals surface area contributed by atoms with E-state index in [2.05, 4.69) is 10.6 Å². The van der Waals surface area contributed by atoms with Crippen molar-refractivity contribution in [2.45, 2.75) is 26.2 Å². The van der Waals surface area contributed by atoms with Gasteiger partial charge in [-0.15, -0.1) is 11.3 Å². The zero-order valence-corrected chi connectivity index (χ0v) is 19.1. The van der Waals surface area contributed by atoms with Crippen molar-refractivity contribution >= 4 is 51.2 Å². The molecular formula is C22H19N3O6S2. The first-order valence-electron chi connectivity index (χ1n) is 10.2. The third-order valence-corrected chi connectivity index (χ3v) is 6.44.